The van der Waals surface area contributed by atoms with Crippen molar-refractivity contribution in [3.63, 3.8) is 0 Å². The predicted octanol–water partition coefficient (Wildman–Crippen LogP) is -9.77. The molecule has 0 aliphatic heterocycles. The zero-order valence-corrected chi connectivity index (χ0v) is 48.3. The molecule has 0 unspecified atom stereocenters. The minimum Gasteiger partial charge on any atom is -0.744 e. The number of rotatable bonds is 24. The third-order valence-corrected chi connectivity index (χ3v) is 10.9. The zero-order valence-electron chi connectivity index (χ0n) is 37.0. The van der Waals surface area contributed by atoms with Crippen molar-refractivity contribution in [3.05, 3.63) is 96.1 Å². The van der Waals surface area contributed by atoms with E-state index in [0.29, 0.717) is 51.6 Å². The third kappa shape index (κ3) is 20.2. The Morgan fingerprint density at radius 1 is 0.529 bits per heavy atom. The van der Waals surface area contributed by atoms with Gasteiger partial charge in [-0.2, -0.15) is 38.6 Å². The molecule has 26 nitrogen and oxygen atoms in total. The predicted molar refractivity (Wildman–Crippen MR) is 225 cm³/mol. The van der Waals surface area contributed by atoms with Crippen molar-refractivity contribution < 1.29 is 193 Å². The number of aliphatic hydroxyl groups is 2. The van der Waals surface area contributed by atoms with Gasteiger partial charge in [0.1, 0.15) is 33.5 Å². The molecule has 2 aromatic heterocycles. The summed E-state index contributed by atoms with van der Waals surface area (Å²) in [5, 5.41) is 57.9. The summed E-state index contributed by atoms with van der Waals surface area (Å²) in [6, 6.07) is 19.1. The number of aromatic nitrogens is 6. The maximum absolute atomic E-state index is 12.6. The Labute approximate surface area is 495 Å². The SMILES string of the molecule is O=S(=O)([O-])c1ccc(Nc2nc(Nc3ccc(/C=C/c4ccc(Nc5nc(Nc6ccc(SOO[O-])cc6)nc(OCCO)n5)cc4S(=O)(=O)[O-])c(SOO[O-])c3)nc(OCCO)n2)cc1.[Na+].[Na+].[Na+].[Na+]. The number of ether oxygens (including phenoxy) is 2. The van der Waals surface area contributed by atoms with E-state index in [1.807, 2.05) is 0 Å². The van der Waals surface area contributed by atoms with E-state index in [-0.39, 0.29) is 197 Å². The van der Waals surface area contributed by atoms with Gasteiger partial charge in [-0.25, -0.2) is 16.8 Å². The summed E-state index contributed by atoms with van der Waals surface area (Å²) in [6.45, 7) is -1.09. The summed E-state index contributed by atoms with van der Waals surface area (Å²) < 4.78 is 91.3. The first-order chi connectivity index (χ1) is 31.7. The first kappa shape index (κ1) is 63.8. The molecule has 348 valence electrons. The van der Waals surface area contributed by atoms with Crippen LogP contribution in [0.4, 0.5) is 46.5 Å². The van der Waals surface area contributed by atoms with Crippen LogP contribution in [-0.4, -0.2) is 92.5 Å². The van der Waals surface area contributed by atoms with Crippen LogP contribution in [0.1, 0.15) is 11.1 Å². The first-order valence-corrected chi connectivity index (χ1v) is 22.4. The molecule has 34 heteroatoms. The second-order valence-electron chi connectivity index (χ2n) is 12.4. The summed E-state index contributed by atoms with van der Waals surface area (Å²) in [5.74, 6) is -0.368. The van der Waals surface area contributed by atoms with Gasteiger partial charge >= 0.3 is 130 Å². The zero-order chi connectivity index (χ0) is 47.1. The molecule has 0 aliphatic carbocycles. The molecule has 6 aromatic rings. The molecule has 2 heterocycles. The van der Waals surface area contributed by atoms with Crippen LogP contribution in [0.15, 0.2) is 105 Å². The summed E-state index contributed by atoms with van der Waals surface area (Å²) in [5.41, 5.74) is 1.44. The fourth-order valence-corrected chi connectivity index (χ4v) is 7.25. The minimum atomic E-state index is -5.12. The molecule has 0 aliphatic rings. The van der Waals surface area contributed by atoms with Crippen molar-refractivity contribution in [2.45, 2.75) is 19.6 Å². The Hall–Kier alpha value is -2.36. The number of aliphatic hydroxyl groups excluding tert-OH is 2. The summed E-state index contributed by atoms with van der Waals surface area (Å²) in [6.07, 6.45) is 2.75. The van der Waals surface area contributed by atoms with Crippen molar-refractivity contribution in [1.29, 1.82) is 0 Å². The molecule has 0 bridgehead atoms. The maximum Gasteiger partial charge on any atom is 1.00 e. The van der Waals surface area contributed by atoms with Gasteiger partial charge in [-0.15, -0.1) is 0 Å². The monoisotopic (exact) mass is 1080 g/mol. The van der Waals surface area contributed by atoms with Crippen LogP contribution in [0.25, 0.3) is 12.2 Å². The Bertz CT molecular complexity index is 2880. The van der Waals surface area contributed by atoms with Crippen molar-refractivity contribution in [3.8, 4) is 12.0 Å². The summed E-state index contributed by atoms with van der Waals surface area (Å²) in [7, 11) is -9.81. The normalized spacial score (nSPS) is 11.0. The molecule has 0 saturated carbocycles. The molecule has 0 saturated heterocycles. The van der Waals surface area contributed by atoms with Crippen molar-refractivity contribution in [2.24, 2.45) is 0 Å². The quantitative estimate of drug-likeness (QED) is 0.00818. The standard InChI is InChI=1S/C36H34N10O16S4.4Na/c47-15-17-57-35-44-32(38-24-9-13-28(14-10-24)65(51,52)53)41-33(45-35)39-25-5-3-21(29(19-25)64-62-60-50)1-2-22-4-6-26(20-30(22)66(54,55)56)40-34-42-31(43-36(46-34)58-18-16-48)37-23-7-11-27(12-8-23)63-61-59-49;;;;/h1-14,19-20,47-50H,15-18H2,(H,51,52,53)(H,54,55,56)(H2,37,40,42,43,46)(H2,38,39,41,44,45);;;;/q;4*+1/p-4/b2-1+;;;;. The molecule has 4 aromatic carbocycles. The number of nitrogens with one attached hydrogen (secondary N) is 4. The van der Waals surface area contributed by atoms with Gasteiger partial charge in [0.15, 0.2) is 0 Å². The maximum atomic E-state index is 12.6. The van der Waals surface area contributed by atoms with Crippen LogP contribution in [0.2, 0.25) is 0 Å². The van der Waals surface area contributed by atoms with Gasteiger partial charge in [0, 0.05) is 32.5 Å². The van der Waals surface area contributed by atoms with Gasteiger partial charge in [-0.05, 0) is 83.9 Å². The topological polar surface area (TPSA) is 382 Å². The molecule has 6 N–H and O–H groups in total. The Kier molecular flexibility index (Phi) is 28.6. The summed E-state index contributed by atoms with van der Waals surface area (Å²) >= 11 is 1.17. The van der Waals surface area contributed by atoms with Crippen molar-refractivity contribution >= 4 is 103 Å². The van der Waals surface area contributed by atoms with E-state index in [2.05, 4.69) is 69.9 Å². The van der Waals surface area contributed by atoms with Gasteiger partial charge < -0.3 is 60.6 Å². The smallest absolute Gasteiger partial charge is 0.744 e. The molecule has 0 spiro atoms. The number of nitrogens with zero attached hydrogens (tertiary/aromatic N) is 6. The number of anilines is 8. The van der Waals surface area contributed by atoms with Gasteiger partial charge in [-0.1, -0.05) is 24.3 Å². The van der Waals surface area contributed by atoms with E-state index in [1.165, 1.54) is 48.6 Å². The van der Waals surface area contributed by atoms with E-state index in [1.54, 1.807) is 30.3 Å². The average Bonchev–Trinajstić information content (AvgIpc) is 3.28. The Morgan fingerprint density at radius 3 is 1.40 bits per heavy atom. The van der Waals surface area contributed by atoms with E-state index in [4.69, 9.17) is 9.47 Å². The van der Waals surface area contributed by atoms with Gasteiger partial charge in [0.2, 0.25) is 23.8 Å². The molecule has 0 radical (unpaired) electrons. The Balaban J connectivity index is 0.00000420. The molecule has 0 fully saturated rings. The molecule has 0 amide bonds. The number of hydrogen-bond acceptors (Lipinski definition) is 28. The van der Waals surface area contributed by atoms with Crippen LogP contribution < -0.4 is 159 Å². The van der Waals surface area contributed by atoms with E-state index >= 15 is 0 Å². The van der Waals surface area contributed by atoms with Crippen LogP contribution in [-0.2, 0) is 39.0 Å². The molecule has 0 atom stereocenters. The van der Waals surface area contributed by atoms with Crippen LogP contribution in [0, 0.1) is 0 Å². The van der Waals surface area contributed by atoms with Gasteiger partial charge in [0.25, 0.3) is 0 Å². The second-order valence-corrected chi connectivity index (χ2v) is 16.7. The number of hydrogen-bond donors (Lipinski definition) is 6. The fourth-order valence-electron chi connectivity index (χ4n) is 5.23. The van der Waals surface area contributed by atoms with Gasteiger partial charge in [-0.3, -0.25) is 10.1 Å². The molecular weight excluding hydrogens is 1050 g/mol. The van der Waals surface area contributed by atoms with E-state index in [0.717, 1.165) is 18.2 Å². The number of benzene rings is 4. The van der Waals surface area contributed by atoms with Crippen molar-refractivity contribution in [1.82, 2.24) is 29.9 Å². The fraction of sp³-hybridized carbons (Fsp3) is 0.111. The van der Waals surface area contributed by atoms with Crippen LogP contribution >= 0.6 is 24.1 Å². The van der Waals surface area contributed by atoms with Gasteiger partial charge in [0.05, 0.1) is 47.1 Å². The van der Waals surface area contributed by atoms with Crippen LogP contribution in [0.3, 0.4) is 0 Å². The summed E-state index contributed by atoms with van der Waals surface area (Å²) in [4.78, 5) is 24.8. The average molecular weight is 1080 g/mol. The first-order valence-electron chi connectivity index (χ1n) is 18.1. The van der Waals surface area contributed by atoms with Crippen LogP contribution in [0.5, 0.6) is 12.0 Å². The molecular formula is C36H30N10Na4O16S4. The Morgan fingerprint density at radius 2 is 0.943 bits per heavy atom. The largest absolute Gasteiger partial charge is 1.00 e. The molecule has 70 heavy (non-hydrogen) atoms. The van der Waals surface area contributed by atoms with E-state index < -0.39 is 30.0 Å². The molecule has 6 rings (SSSR count). The van der Waals surface area contributed by atoms with E-state index in [9.17, 15) is 46.7 Å². The van der Waals surface area contributed by atoms with Crippen molar-refractivity contribution in [2.75, 3.05) is 47.7 Å². The third-order valence-electron chi connectivity index (χ3n) is 7.95. The second kappa shape index (κ2) is 31.4. The minimum absolute atomic E-state index is 0.